The zero-order valence-corrected chi connectivity index (χ0v) is 14.5. The molecule has 0 aromatic heterocycles. The first kappa shape index (κ1) is 17.5. The van der Waals surface area contributed by atoms with Crippen LogP contribution in [0, 0.1) is 0 Å². The van der Waals surface area contributed by atoms with Gasteiger partial charge in [-0.25, -0.2) is 4.79 Å². The Hall–Kier alpha value is -2.37. The highest BCUT2D eigenvalue weighted by Crippen LogP contribution is 2.22. The quantitative estimate of drug-likeness (QED) is 0.833. The first-order valence-corrected chi connectivity index (χ1v) is 8.96. The summed E-state index contributed by atoms with van der Waals surface area (Å²) in [5.74, 6) is -0.680. The lowest BCUT2D eigenvalue weighted by molar-refractivity contribution is -0.129. The highest BCUT2D eigenvalue weighted by Gasteiger charge is 2.24. The molecule has 134 valence electrons. The predicted octanol–water partition coefficient (Wildman–Crippen LogP) is 2.42. The van der Waals surface area contributed by atoms with E-state index in [4.69, 9.17) is 4.74 Å². The molecule has 1 N–H and O–H groups in total. The van der Waals surface area contributed by atoms with Gasteiger partial charge in [0.1, 0.15) is 0 Å². The van der Waals surface area contributed by atoms with Gasteiger partial charge in [0.2, 0.25) is 5.91 Å². The topological polar surface area (TPSA) is 75.7 Å². The normalized spacial score (nSPS) is 19.1. The molecule has 0 radical (unpaired) electrons. The van der Waals surface area contributed by atoms with Crippen LogP contribution in [0.3, 0.4) is 0 Å². The van der Waals surface area contributed by atoms with E-state index in [1.54, 1.807) is 36.1 Å². The van der Waals surface area contributed by atoms with Crippen LogP contribution >= 0.6 is 0 Å². The monoisotopic (exact) mass is 344 g/mol. The van der Waals surface area contributed by atoms with E-state index in [2.05, 4.69) is 5.32 Å². The van der Waals surface area contributed by atoms with E-state index >= 15 is 0 Å². The maximum Gasteiger partial charge on any atom is 0.338 e. The summed E-state index contributed by atoms with van der Waals surface area (Å²) in [5.41, 5.74) is 1.15. The van der Waals surface area contributed by atoms with Crippen molar-refractivity contribution in [3.8, 4) is 0 Å². The largest absolute Gasteiger partial charge is 0.449 e. The fourth-order valence-electron chi connectivity index (χ4n) is 3.37. The standard InChI is InChI=1S/C19H24N2O4/c1-13(18(23)20-15-5-2-3-6-15)25-19(24)14-8-10-16(11-9-14)21-12-4-7-17(21)22/h8-11,13,15H,2-7,12H2,1H3,(H,20,23)/t13-/m1/s1. The third-order valence-electron chi connectivity index (χ3n) is 4.84. The van der Waals surface area contributed by atoms with Crippen molar-refractivity contribution in [2.75, 3.05) is 11.4 Å². The number of esters is 1. The minimum absolute atomic E-state index is 0.104. The Morgan fingerprint density at radius 2 is 1.84 bits per heavy atom. The maximum absolute atomic E-state index is 12.2. The number of ether oxygens (including phenoxy) is 1. The Labute approximate surface area is 147 Å². The van der Waals surface area contributed by atoms with Gasteiger partial charge in [-0.3, -0.25) is 9.59 Å². The number of nitrogens with one attached hydrogen (secondary N) is 1. The lowest BCUT2D eigenvalue weighted by atomic mass is 10.2. The van der Waals surface area contributed by atoms with Gasteiger partial charge in [0, 0.05) is 24.7 Å². The van der Waals surface area contributed by atoms with E-state index in [0.717, 1.165) is 37.8 Å². The molecule has 2 fully saturated rings. The van der Waals surface area contributed by atoms with E-state index in [-0.39, 0.29) is 17.9 Å². The van der Waals surface area contributed by atoms with Gasteiger partial charge < -0.3 is 15.0 Å². The van der Waals surface area contributed by atoms with Crippen molar-refractivity contribution < 1.29 is 19.1 Å². The summed E-state index contributed by atoms with van der Waals surface area (Å²) in [6, 6.07) is 6.94. The van der Waals surface area contributed by atoms with Gasteiger partial charge in [0.25, 0.3) is 5.91 Å². The van der Waals surface area contributed by atoms with Crippen molar-refractivity contribution in [3.63, 3.8) is 0 Å². The van der Waals surface area contributed by atoms with Crippen LogP contribution in [-0.2, 0) is 14.3 Å². The first-order chi connectivity index (χ1) is 12.0. The predicted molar refractivity (Wildman–Crippen MR) is 93.3 cm³/mol. The minimum Gasteiger partial charge on any atom is -0.449 e. The molecule has 0 unspecified atom stereocenters. The number of carbonyl (C=O) groups is 3. The minimum atomic E-state index is -0.826. The molecule has 6 heteroatoms. The van der Waals surface area contributed by atoms with Crippen molar-refractivity contribution in [2.45, 2.75) is 57.6 Å². The van der Waals surface area contributed by atoms with Crippen molar-refractivity contribution in [3.05, 3.63) is 29.8 Å². The van der Waals surface area contributed by atoms with Crippen LogP contribution in [0.4, 0.5) is 5.69 Å². The third-order valence-corrected chi connectivity index (χ3v) is 4.84. The summed E-state index contributed by atoms with van der Waals surface area (Å²) in [4.78, 5) is 37.8. The second-order valence-electron chi connectivity index (χ2n) is 6.73. The Bertz CT molecular complexity index is 650. The van der Waals surface area contributed by atoms with Gasteiger partial charge in [-0.15, -0.1) is 0 Å². The summed E-state index contributed by atoms with van der Waals surface area (Å²) < 4.78 is 5.26. The van der Waals surface area contributed by atoms with Crippen LogP contribution in [0.5, 0.6) is 0 Å². The van der Waals surface area contributed by atoms with Crippen molar-refractivity contribution in [1.82, 2.24) is 5.32 Å². The van der Waals surface area contributed by atoms with Crippen LogP contribution in [0.1, 0.15) is 55.8 Å². The van der Waals surface area contributed by atoms with Crippen molar-refractivity contribution >= 4 is 23.5 Å². The molecule has 1 aromatic rings. The van der Waals surface area contributed by atoms with Gasteiger partial charge in [-0.05, 0) is 50.5 Å². The smallest absolute Gasteiger partial charge is 0.338 e. The van der Waals surface area contributed by atoms with Gasteiger partial charge in [-0.2, -0.15) is 0 Å². The summed E-state index contributed by atoms with van der Waals surface area (Å²) in [5, 5.41) is 2.93. The van der Waals surface area contributed by atoms with Gasteiger partial charge in [0.05, 0.1) is 5.56 Å². The highest BCUT2D eigenvalue weighted by molar-refractivity contribution is 5.96. The number of benzene rings is 1. The summed E-state index contributed by atoms with van der Waals surface area (Å²) in [6.07, 6.45) is 4.84. The lowest BCUT2D eigenvalue weighted by Crippen LogP contribution is -2.40. The van der Waals surface area contributed by atoms with Gasteiger partial charge >= 0.3 is 5.97 Å². The Morgan fingerprint density at radius 1 is 1.16 bits per heavy atom. The average Bonchev–Trinajstić information content (AvgIpc) is 3.26. The maximum atomic E-state index is 12.2. The number of amides is 2. The first-order valence-electron chi connectivity index (χ1n) is 8.96. The average molecular weight is 344 g/mol. The molecule has 2 amide bonds. The van der Waals surface area contributed by atoms with E-state index in [9.17, 15) is 14.4 Å². The van der Waals surface area contributed by atoms with E-state index in [1.165, 1.54) is 0 Å². The van der Waals surface area contributed by atoms with Gasteiger partial charge in [-0.1, -0.05) is 12.8 Å². The Morgan fingerprint density at radius 3 is 2.44 bits per heavy atom. The van der Waals surface area contributed by atoms with Crippen LogP contribution in [0.25, 0.3) is 0 Å². The number of hydrogen-bond donors (Lipinski definition) is 1. The Kier molecular flexibility index (Phi) is 5.36. The molecule has 1 saturated carbocycles. The van der Waals surface area contributed by atoms with E-state index in [1.807, 2.05) is 0 Å². The molecule has 6 nitrogen and oxygen atoms in total. The van der Waals surface area contributed by atoms with Crippen molar-refractivity contribution in [2.24, 2.45) is 0 Å². The summed E-state index contributed by atoms with van der Waals surface area (Å²) in [7, 11) is 0. The molecule has 1 aromatic carbocycles. The van der Waals surface area contributed by atoms with E-state index in [0.29, 0.717) is 18.5 Å². The van der Waals surface area contributed by atoms with Crippen LogP contribution in [0.15, 0.2) is 24.3 Å². The fourth-order valence-corrected chi connectivity index (χ4v) is 3.37. The lowest BCUT2D eigenvalue weighted by Gasteiger charge is -2.18. The second kappa shape index (κ2) is 7.68. The third kappa shape index (κ3) is 4.18. The molecular formula is C19H24N2O4. The molecule has 1 aliphatic carbocycles. The second-order valence-corrected chi connectivity index (χ2v) is 6.73. The number of nitrogens with zero attached hydrogens (tertiary/aromatic N) is 1. The molecular weight excluding hydrogens is 320 g/mol. The molecule has 3 rings (SSSR count). The molecule has 1 atom stereocenters. The summed E-state index contributed by atoms with van der Waals surface area (Å²) >= 11 is 0. The van der Waals surface area contributed by atoms with Crippen LogP contribution < -0.4 is 10.2 Å². The number of hydrogen-bond acceptors (Lipinski definition) is 4. The SMILES string of the molecule is C[C@@H](OC(=O)c1ccc(N2CCCC2=O)cc1)C(=O)NC1CCCC1. The molecule has 25 heavy (non-hydrogen) atoms. The van der Waals surface area contributed by atoms with Crippen molar-refractivity contribution in [1.29, 1.82) is 0 Å². The number of anilines is 1. The molecule has 1 aliphatic heterocycles. The highest BCUT2D eigenvalue weighted by atomic mass is 16.5. The molecule has 1 heterocycles. The number of rotatable bonds is 5. The van der Waals surface area contributed by atoms with Crippen LogP contribution in [-0.4, -0.2) is 36.5 Å². The molecule has 2 aliphatic rings. The van der Waals surface area contributed by atoms with E-state index < -0.39 is 12.1 Å². The zero-order valence-electron chi connectivity index (χ0n) is 14.5. The molecule has 0 spiro atoms. The fraction of sp³-hybridized carbons (Fsp3) is 0.526. The molecule has 1 saturated heterocycles. The van der Waals surface area contributed by atoms with Crippen LogP contribution in [0.2, 0.25) is 0 Å². The zero-order chi connectivity index (χ0) is 17.8. The van der Waals surface area contributed by atoms with Gasteiger partial charge in [0.15, 0.2) is 6.10 Å². The Balaban J connectivity index is 1.55. The molecule has 0 bridgehead atoms. The summed E-state index contributed by atoms with van der Waals surface area (Å²) in [6.45, 7) is 2.29. The number of carbonyl (C=O) groups excluding carboxylic acids is 3.